The van der Waals surface area contributed by atoms with Gasteiger partial charge in [0.1, 0.15) is 0 Å². The summed E-state index contributed by atoms with van der Waals surface area (Å²) in [4.78, 5) is 29.5. The van der Waals surface area contributed by atoms with Gasteiger partial charge < -0.3 is 15.1 Å². The molecule has 1 N–H and O–H groups in total. The number of aryl methyl sites for hydroxylation is 1. The number of halogens is 1. The molecule has 0 aliphatic carbocycles. The highest BCUT2D eigenvalue weighted by Gasteiger charge is 2.46. The first-order valence-corrected chi connectivity index (χ1v) is 12.1. The van der Waals surface area contributed by atoms with E-state index in [9.17, 15) is 9.59 Å². The summed E-state index contributed by atoms with van der Waals surface area (Å²) in [5.41, 5.74) is 1.98. The number of thioether (sulfide) groups is 1. The van der Waals surface area contributed by atoms with Crippen LogP contribution in [0.4, 0.5) is 10.5 Å². The van der Waals surface area contributed by atoms with Gasteiger partial charge in [-0.2, -0.15) is 0 Å². The molecule has 0 aromatic heterocycles. The fourth-order valence-electron chi connectivity index (χ4n) is 4.23. The summed E-state index contributed by atoms with van der Waals surface area (Å²) in [6.45, 7) is 2.13. The molecule has 2 aromatic carbocycles. The number of hydrogen-bond acceptors (Lipinski definition) is 3. The van der Waals surface area contributed by atoms with Crippen LogP contribution < -0.4 is 5.32 Å². The van der Waals surface area contributed by atoms with E-state index < -0.39 is 0 Å². The van der Waals surface area contributed by atoms with Gasteiger partial charge in [-0.05, 0) is 43.0 Å². The van der Waals surface area contributed by atoms with Crippen LogP contribution in [0.2, 0.25) is 0 Å². The maximum atomic E-state index is 13.0. The van der Waals surface area contributed by atoms with E-state index in [-0.39, 0.29) is 16.8 Å². The van der Waals surface area contributed by atoms with Crippen molar-refractivity contribution in [3.63, 3.8) is 0 Å². The van der Waals surface area contributed by atoms with E-state index in [1.54, 1.807) is 0 Å². The van der Waals surface area contributed by atoms with Crippen LogP contribution in [-0.2, 0) is 11.2 Å². The molecule has 3 amide bonds. The normalized spacial score (nSPS) is 17.9. The van der Waals surface area contributed by atoms with Gasteiger partial charge in [0.25, 0.3) is 0 Å². The zero-order chi connectivity index (χ0) is 21.0. The van der Waals surface area contributed by atoms with Crippen molar-refractivity contribution in [2.75, 3.05) is 30.7 Å². The first-order chi connectivity index (χ1) is 14.6. The van der Waals surface area contributed by atoms with Crippen molar-refractivity contribution < 1.29 is 9.59 Å². The highest BCUT2D eigenvalue weighted by Crippen LogP contribution is 2.44. The van der Waals surface area contributed by atoms with Gasteiger partial charge in [-0.3, -0.25) is 4.79 Å². The van der Waals surface area contributed by atoms with Crippen molar-refractivity contribution >= 4 is 45.3 Å². The predicted molar refractivity (Wildman–Crippen MR) is 126 cm³/mol. The second-order valence-corrected chi connectivity index (χ2v) is 10.1. The van der Waals surface area contributed by atoms with Crippen molar-refractivity contribution in [2.24, 2.45) is 0 Å². The number of amides is 3. The van der Waals surface area contributed by atoms with Crippen LogP contribution in [0.25, 0.3) is 0 Å². The van der Waals surface area contributed by atoms with Gasteiger partial charge >= 0.3 is 6.03 Å². The standard InChI is InChI=1S/C23H26BrN3O2S/c24-19-7-4-8-20(17-19)25-22(29)26-13-11-23(12-14-26)27(15-16-30-23)21(28)10-9-18-5-2-1-3-6-18/h1-8,17H,9-16H2,(H,25,29). The topological polar surface area (TPSA) is 52.7 Å². The number of rotatable bonds is 4. The second-order valence-electron chi connectivity index (χ2n) is 7.75. The second kappa shape index (κ2) is 9.43. The minimum absolute atomic E-state index is 0.0760. The van der Waals surface area contributed by atoms with E-state index in [4.69, 9.17) is 0 Å². The Morgan fingerprint density at radius 2 is 1.80 bits per heavy atom. The predicted octanol–water partition coefficient (Wildman–Crippen LogP) is 4.98. The smallest absolute Gasteiger partial charge is 0.321 e. The van der Waals surface area contributed by atoms with Crippen molar-refractivity contribution in [1.82, 2.24) is 9.80 Å². The molecule has 2 fully saturated rings. The van der Waals surface area contributed by atoms with Crippen molar-refractivity contribution in [1.29, 1.82) is 0 Å². The molecule has 0 radical (unpaired) electrons. The van der Waals surface area contributed by atoms with E-state index >= 15 is 0 Å². The molecule has 0 saturated carbocycles. The van der Waals surface area contributed by atoms with Gasteiger partial charge in [0.15, 0.2) is 0 Å². The lowest BCUT2D eigenvalue weighted by atomic mass is 10.0. The average molecular weight is 488 g/mol. The third kappa shape index (κ3) is 4.83. The van der Waals surface area contributed by atoms with E-state index in [1.165, 1.54) is 5.56 Å². The lowest BCUT2D eigenvalue weighted by molar-refractivity contribution is -0.134. The summed E-state index contributed by atoms with van der Waals surface area (Å²) in [6, 6.07) is 17.7. The zero-order valence-corrected chi connectivity index (χ0v) is 19.3. The van der Waals surface area contributed by atoms with Gasteiger partial charge in [0, 0.05) is 42.0 Å². The van der Waals surface area contributed by atoms with Gasteiger partial charge in [-0.25, -0.2) is 4.79 Å². The summed E-state index contributed by atoms with van der Waals surface area (Å²) in [5, 5.41) is 2.97. The summed E-state index contributed by atoms with van der Waals surface area (Å²) in [5.74, 6) is 1.21. The van der Waals surface area contributed by atoms with Crippen LogP contribution >= 0.6 is 27.7 Å². The molecular weight excluding hydrogens is 462 g/mol. The molecule has 7 heteroatoms. The van der Waals surface area contributed by atoms with Crippen LogP contribution in [0.5, 0.6) is 0 Å². The molecule has 158 valence electrons. The Bertz CT molecular complexity index is 900. The highest BCUT2D eigenvalue weighted by molar-refractivity contribution is 9.10. The molecular formula is C23H26BrN3O2S. The molecule has 2 aromatic rings. The Hall–Kier alpha value is -1.99. The molecule has 0 unspecified atom stereocenters. The minimum Gasteiger partial charge on any atom is -0.327 e. The van der Waals surface area contributed by atoms with Gasteiger partial charge in [-0.1, -0.05) is 52.3 Å². The van der Waals surface area contributed by atoms with Crippen LogP contribution in [-0.4, -0.2) is 52.0 Å². The Morgan fingerprint density at radius 1 is 1.03 bits per heavy atom. The minimum atomic E-state index is -0.152. The molecule has 2 aliphatic rings. The zero-order valence-electron chi connectivity index (χ0n) is 16.9. The summed E-state index contributed by atoms with van der Waals surface area (Å²) < 4.78 is 0.935. The average Bonchev–Trinajstić information content (AvgIpc) is 3.16. The number of hydrogen-bond donors (Lipinski definition) is 1. The molecule has 0 atom stereocenters. The molecule has 4 rings (SSSR count). The number of benzene rings is 2. The van der Waals surface area contributed by atoms with Gasteiger partial charge in [-0.15, -0.1) is 11.8 Å². The summed E-state index contributed by atoms with van der Waals surface area (Å²) >= 11 is 5.32. The summed E-state index contributed by atoms with van der Waals surface area (Å²) in [6.07, 6.45) is 2.96. The van der Waals surface area contributed by atoms with E-state index in [0.29, 0.717) is 19.5 Å². The maximum Gasteiger partial charge on any atom is 0.321 e. The van der Waals surface area contributed by atoms with E-state index in [0.717, 1.165) is 41.7 Å². The monoisotopic (exact) mass is 487 g/mol. The maximum absolute atomic E-state index is 13.0. The third-order valence-electron chi connectivity index (χ3n) is 5.86. The first-order valence-electron chi connectivity index (χ1n) is 10.4. The van der Waals surface area contributed by atoms with Crippen LogP contribution in [0.15, 0.2) is 59.1 Å². The van der Waals surface area contributed by atoms with E-state index in [1.807, 2.05) is 59.1 Å². The lowest BCUT2D eigenvalue weighted by Gasteiger charge is -2.44. The number of piperidine rings is 1. The van der Waals surface area contributed by atoms with Gasteiger partial charge in [0.05, 0.1) is 4.87 Å². The van der Waals surface area contributed by atoms with Crippen LogP contribution in [0.3, 0.4) is 0 Å². The Morgan fingerprint density at radius 3 is 2.53 bits per heavy atom. The number of urea groups is 1. The lowest BCUT2D eigenvalue weighted by Crippen LogP contribution is -2.54. The summed E-state index contributed by atoms with van der Waals surface area (Å²) in [7, 11) is 0. The molecule has 5 nitrogen and oxygen atoms in total. The SMILES string of the molecule is O=C(Nc1cccc(Br)c1)N1CCC2(CC1)SCCN2C(=O)CCc1ccccc1. The van der Waals surface area contributed by atoms with E-state index in [2.05, 4.69) is 38.3 Å². The van der Waals surface area contributed by atoms with Gasteiger partial charge in [0.2, 0.25) is 5.91 Å². The quantitative estimate of drug-likeness (QED) is 0.661. The Labute approximate surface area is 190 Å². The highest BCUT2D eigenvalue weighted by atomic mass is 79.9. The Kier molecular flexibility index (Phi) is 6.68. The molecule has 2 aliphatic heterocycles. The molecule has 0 bridgehead atoms. The number of carbonyl (C=O) groups excluding carboxylic acids is 2. The van der Waals surface area contributed by atoms with Crippen molar-refractivity contribution in [2.45, 2.75) is 30.6 Å². The third-order valence-corrected chi connectivity index (χ3v) is 7.90. The molecule has 30 heavy (non-hydrogen) atoms. The Balaban J connectivity index is 1.33. The number of anilines is 1. The number of likely N-dealkylation sites (tertiary alicyclic amines) is 1. The number of nitrogens with zero attached hydrogens (tertiary/aromatic N) is 2. The largest absolute Gasteiger partial charge is 0.327 e. The molecule has 2 heterocycles. The fourth-order valence-corrected chi connectivity index (χ4v) is 6.11. The number of carbonyl (C=O) groups is 2. The first kappa shape index (κ1) is 21.2. The fraction of sp³-hybridized carbons (Fsp3) is 0.391. The van der Waals surface area contributed by atoms with Crippen molar-refractivity contribution in [3.05, 3.63) is 64.6 Å². The molecule has 2 saturated heterocycles. The van der Waals surface area contributed by atoms with Crippen molar-refractivity contribution in [3.8, 4) is 0 Å². The van der Waals surface area contributed by atoms with Crippen LogP contribution in [0, 0.1) is 0 Å². The van der Waals surface area contributed by atoms with Crippen LogP contribution in [0.1, 0.15) is 24.8 Å². The number of nitrogens with one attached hydrogen (secondary N) is 1. The molecule has 1 spiro atoms.